The molecular formula is C27H26O3. The van der Waals surface area contributed by atoms with E-state index in [9.17, 15) is 4.79 Å². The molecule has 0 atom stereocenters. The third-order valence-electron chi connectivity index (χ3n) is 5.47. The first-order valence-electron chi connectivity index (χ1n) is 10.4. The fourth-order valence-corrected chi connectivity index (χ4v) is 3.85. The van der Waals surface area contributed by atoms with Gasteiger partial charge in [0.15, 0.2) is 0 Å². The Hall–Kier alpha value is -3.33. The number of benzene rings is 3. The highest BCUT2D eigenvalue weighted by molar-refractivity contribution is 5.79. The van der Waals surface area contributed by atoms with Gasteiger partial charge in [-0.05, 0) is 77.4 Å². The van der Waals surface area contributed by atoms with Crippen LogP contribution in [0.2, 0.25) is 0 Å². The summed E-state index contributed by atoms with van der Waals surface area (Å²) < 4.78 is 10.8. The molecule has 0 saturated heterocycles. The highest BCUT2D eigenvalue weighted by Crippen LogP contribution is 2.37. The summed E-state index contributed by atoms with van der Waals surface area (Å²) >= 11 is 0. The van der Waals surface area contributed by atoms with Crippen LogP contribution >= 0.6 is 0 Å². The Morgan fingerprint density at radius 1 is 0.967 bits per heavy atom. The van der Waals surface area contributed by atoms with Crippen LogP contribution < -0.4 is 4.74 Å². The molecule has 0 spiro atoms. The Labute approximate surface area is 178 Å². The van der Waals surface area contributed by atoms with Crippen molar-refractivity contribution in [2.75, 3.05) is 13.2 Å². The largest absolute Gasteiger partial charge is 0.490 e. The Kier molecular flexibility index (Phi) is 5.99. The van der Waals surface area contributed by atoms with Gasteiger partial charge in [0.2, 0.25) is 0 Å². The SMILES string of the molecule is CCOC(=O)Cc1ccc(OCC=C(C)c2ccc3c(c2)Cc2ccccc2-3)cc1. The second-order valence-corrected chi connectivity index (χ2v) is 7.53. The van der Waals surface area contributed by atoms with Crippen molar-refractivity contribution in [3.63, 3.8) is 0 Å². The van der Waals surface area contributed by atoms with E-state index in [2.05, 4.69) is 55.5 Å². The number of ether oxygens (including phenoxy) is 2. The molecule has 0 saturated carbocycles. The Bertz CT molecular complexity index is 1080. The first kappa shape index (κ1) is 20.0. The van der Waals surface area contributed by atoms with Crippen molar-refractivity contribution in [2.45, 2.75) is 26.7 Å². The molecule has 152 valence electrons. The summed E-state index contributed by atoms with van der Waals surface area (Å²) in [5.74, 6) is 0.582. The quantitative estimate of drug-likeness (QED) is 0.367. The van der Waals surface area contributed by atoms with Crippen LogP contribution in [0, 0.1) is 0 Å². The maximum Gasteiger partial charge on any atom is 0.310 e. The van der Waals surface area contributed by atoms with Gasteiger partial charge < -0.3 is 9.47 Å². The Balaban J connectivity index is 1.36. The zero-order chi connectivity index (χ0) is 20.9. The minimum absolute atomic E-state index is 0.206. The van der Waals surface area contributed by atoms with E-state index in [1.54, 1.807) is 0 Å². The summed E-state index contributed by atoms with van der Waals surface area (Å²) in [5.41, 5.74) is 8.85. The van der Waals surface area contributed by atoms with Crippen LogP contribution in [0.1, 0.15) is 36.1 Å². The van der Waals surface area contributed by atoms with Gasteiger partial charge >= 0.3 is 5.97 Å². The predicted octanol–water partition coefficient (Wildman–Crippen LogP) is 5.85. The summed E-state index contributed by atoms with van der Waals surface area (Å²) in [7, 11) is 0. The molecule has 0 fully saturated rings. The molecule has 0 aromatic heterocycles. The first-order valence-corrected chi connectivity index (χ1v) is 10.4. The van der Waals surface area contributed by atoms with Gasteiger partial charge in [-0.1, -0.05) is 54.6 Å². The maximum absolute atomic E-state index is 11.6. The lowest BCUT2D eigenvalue weighted by Gasteiger charge is -2.08. The van der Waals surface area contributed by atoms with Gasteiger partial charge in [0, 0.05) is 0 Å². The van der Waals surface area contributed by atoms with E-state index in [-0.39, 0.29) is 12.4 Å². The molecule has 3 aromatic carbocycles. The molecule has 0 radical (unpaired) electrons. The van der Waals surface area contributed by atoms with Crippen molar-refractivity contribution in [3.8, 4) is 16.9 Å². The molecule has 0 heterocycles. The maximum atomic E-state index is 11.6. The standard InChI is InChI=1S/C27H26O3/c1-3-29-27(28)16-20-8-11-24(12-9-20)30-15-14-19(2)21-10-13-26-23(17-21)18-22-6-4-5-7-25(22)26/h4-14,17H,3,15-16,18H2,1-2H3. The Morgan fingerprint density at radius 3 is 2.53 bits per heavy atom. The normalized spacial score (nSPS) is 12.3. The van der Waals surface area contributed by atoms with E-state index >= 15 is 0 Å². The molecule has 0 unspecified atom stereocenters. The number of hydrogen-bond acceptors (Lipinski definition) is 3. The van der Waals surface area contributed by atoms with Crippen LogP contribution in [0.4, 0.5) is 0 Å². The van der Waals surface area contributed by atoms with Crippen molar-refractivity contribution in [2.24, 2.45) is 0 Å². The minimum atomic E-state index is -0.206. The lowest BCUT2D eigenvalue weighted by Crippen LogP contribution is -2.07. The summed E-state index contributed by atoms with van der Waals surface area (Å²) in [4.78, 5) is 11.6. The van der Waals surface area contributed by atoms with Crippen LogP contribution in [0.5, 0.6) is 5.75 Å². The molecule has 1 aliphatic rings. The highest BCUT2D eigenvalue weighted by Gasteiger charge is 2.17. The molecule has 0 amide bonds. The number of carbonyl (C=O) groups excluding carboxylic acids is 1. The zero-order valence-electron chi connectivity index (χ0n) is 17.5. The van der Waals surface area contributed by atoms with Crippen molar-refractivity contribution in [1.29, 1.82) is 0 Å². The van der Waals surface area contributed by atoms with Gasteiger partial charge in [0.05, 0.1) is 13.0 Å². The average molecular weight is 399 g/mol. The lowest BCUT2D eigenvalue weighted by molar-refractivity contribution is -0.142. The van der Waals surface area contributed by atoms with Gasteiger partial charge in [-0.2, -0.15) is 0 Å². The molecule has 30 heavy (non-hydrogen) atoms. The number of hydrogen-bond donors (Lipinski definition) is 0. The molecule has 1 aliphatic carbocycles. The van der Waals surface area contributed by atoms with Gasteiger partial charge in [0.25, 0.3) is 0 Å². The number of rotatable bonds is 7. The topological polar surface area (TPSA) is 35.5 Å². The molecule has 0 N–H and O–H groups in total. The van der Waals surface area contributed by atoms with E-state index in [1.807, 2.05) is 31.2 Å². The summed E-state index contributed by atoms with van der Waals surface area (Å²) in [5, 5.41) is 0. The van der Waals surface area contributed by atoms with Crippen molar-refractivity contribution >= 4 is 11.5 Å². The molecule has 3 nitrogen and oxygen atoms in total. The van der Waals surface area contributed by atoms with Gasteiger partial charge in [-0.3, -0.25) is 4.79 Å². The number of esters is 1. The minimum Gasteiger partial charge on any atom is -0.490 e. The molecule has 3 heteroatoms. The van der Waals surface area contributed by atoms with Crippen LogP contribution in [-0.2, 0) is 22.4 Å². The van der Waals surface area contributed by atoms with Gasteiger partial charge in [-0.25, -0.2) is 0 Å². The molecule has 4 rings (SSSR count). The first-order chi connectivity index (χ1) is 14.6. The Morgan fingerprint density at radius 2 is 1.73 bits per heavy atom. The molecule has 0 aliphatic heterocycles. The second kappa shape index (κ2) is 9.00. The number of carbonyl (C=O) groups is 1. The van der Waals surface area contributed by atoms with Crippen molar-refractivity contribution in [1.82, 2.24) is 0 Å². The fraction of sp³-hybridized carbons (Fsp3) is 0.222. The van der Waals surface area contributed by atoms with E-state index in [0.717, 1.165) is 17.7 Å². The van der Waals surface area contributed by atoms with E-state index < -0.39 is 0 Å². The highest BCUT2D eigenvalue weighted by atomic mass is 16.5. The van der Waals surface area contributed by atoms with Crippen LogP contribution in [0.3, 0.4) is 0 Å². The van der Waals surface area contributed by atoms with Crippen molar-refractivity contribution < 1.29 is 14.3 Å². The number of allylic oxidation sites excluding steroid dienone is 1. The summed E-state index contributed by atoms with van der Waals surface area (Å²) in [6, 6.07) is 22.9. The molecule has 3 aromatic rings. The lowest BCUT2D eigenvalue weighted by atomic mass is 10.00. The summed E-state index contributed by atoms with van der Waals surface area (Å²) in [6.45, 7) is 4.84. The molecule has 0 bridgehead atoms. The van der Waals surface area contributed by atoms with E-state index in [1.165, 1.54) is 33.4 Å². The predicted molar refractivity (Wildman–Crippen MR) is 121 cm³/mol. The summed E-state index contributed by atoms with van der Waals surface area (Å²) in [6.07, 6.45) is 3.40. The third-order valence-corrected chi connectivity index (χ3v) is 5.47. The fourth-order valence-electron chi connectivity index (χ4n) is 3.85. The molecular weight excluding hydrogens is 372 g/mol. The van der Waals surface area contributed by atoms with Crippen molar-refractivity contribution in [3.05, 3.63) is 95.1 Å². The number of fused-ring (bicyclic) bond motifs is 3. The smallest absolute Gasteiger partial charge is 0.310 e. The van der Waals surface area contributed by atoms with Gasteiger partial charge in [0.1, 0.15) is 12.4 Å². The second-order valence-electron chi connectivity index (χ2n) is 7.53. The van der Waals surface area contributed by atoms with Crippen LogP contribution in [0.25, 0.3) is 16.7 Å². The average Bonchev–Trinajstić information content (AvgIpc) is 3.13. The van der Waals surface area contributed by atoms with Crippen LogP contribution in [0.15, 0.2) is 72.8 Å². The third kappa shape index (κ3) is 4.46. The monoisotopic (exact) mass is 398 g/mol. The van der Waals surface area contributed by atoms with Crippen LogP contribution in [-0.4, -0.2) is 19.2 Å². The zero-order valence-corrected chi connectivity index (χ0v) is 17.5. The van der Waals surface area contributed by atoms with Gasteiger partial charge in [-0.15, -0.1) is 0 Å². The van der Waals surface area contributed by atoms with E-state index in [4.69, 9.17) is 9.47 Å². The van der Waals surface area contributed by atoms with E-state index in [0.29, 0.717) is 13.2 Å².